The van der Waals surface area contributed by atoms with Crippen molar-refractivity contribution < 1.29 is 18.7 Å². The molecular formula is C45H48FN7O3S. The normalized spacial score (nSPS) is 19.2. The highest BCUT2D eigenvalue weighted by atomic mass is 32.1. The largest absolute Gasteiger partial charge is 0.464 e. The number of fused-ring (bicyclic) bond motifs is 5. The van der Waals surface area contributed by atoms with E-state index in [1.807, 2.05) is 17.2 Å². The summed E-state index contributed by atoms with van der Waals surface area (Å²) in [6, 6.07) is 16.3. The smallest absolute Gasteiger partial charge is 0.223 e. The van der Waals surface area contributed by atoms with E-state index in [0.29, 0.717) is 41.7 Å². The molecule has 0 radical (unpaired) electrons. The van der Waals surface area contributed by atoms with E-state index < -0.39 is 6.23 Å². The van der Waals surface area contributed by atoms with Gasteiger partial charge in [-0.15, -0.1) is 24.2 Å². The molecule has 1 saturated carbocycles. The van der Waals surface area contributed by atoms with Gasteiger partial charge in [0.1, 0.15) is 23.2 Å². The minimum Gasteiger partial charge on any atom is -0.464 e. The van der Waals surface area contributed by atoms with Gasteiger partial charge in [0, 0.05) is 47.6 Å². The zero-order chi connectivity index (χ0) is 39.0. The maximum Gasteiger partial charge on any atom is 0.223 e. The lowest BCUT2D eigenvalue weighted by Crippen LogP contribution is -2.33. The van der Waals surface area contributed by atoms with Crippen LogP contribution < -0.4 is 10.1 Å². The van der Waals surface area contributed by atoms with Crippen molar-refractivity contribution in [3.63, 3.8) is 0 Å². The fourth-order valence-electron chi connectivity index (χ4n) is 8.67. The molecule has 57 heavy (non-hydrogen) atoms. The highest BCUT2D eigenvalue weighted by molar-refractivity contribution is 7.12. The second kappa shape index (κ2) is 16.0. The first kappa shape index (κ1) is 37.4. The number of nitrogens with one attached hydrogen (secondary N) is 3. The van der Waals surface area contributed by atoms with E-state index in [-0.39, 0.29) is 17.8 Å². The van der Waals surface area contributed by atoms with Gasteiger partial charge in [-0.1, -0.05) is 13.0 Å². The molecule has 1 amide bonds. The van der Waals surface area contributed by atoms with Crippen LogP contribution in [0.15, 0.2) is 60.9 Å². The monoisotopic (exact) mass is 785 g/mol. The maximum absolute atomic E-state index is 16.5. The Morgan fingerprint density at radius 2 is 1.77 bits per heavy atom. The van der Waals surface area contributed by atoms with E-state index in [1.54, 1.807) is 23.6 Å². The van der Waals surface area contributed by atoms with E-state index >= 15 is 4.39 Å². The molecule has 3 N–H and O–H groups in total. The Kier molecular flexibility index (Phi) is 10.5. The average Bonchev–Trinajstić information content (AvgIpc) is 3.81. The number of likely N-dealkylation sites (tertiary alicyclic amines) is 1. The molecule has 2 saturated heterocycles. The molecule has 6 aromatic rings. The number of terminal acetylenes is 1. The number of rotatable bonds is 11. The summed E-state index contributed by atoms with van der Waals surface area (Å²) in [5.41, 5.74) is 5.53. The lowest BCUT2D eigenvalue weighted by molar-refractivity contribution is -0.134. The zero-order valence-corrected chi connectivity index (χ0v) is 33.0. The predicted octanol–water partition coefficient (Wildman–Crippen LogP) is 9.34. The zero-order valence-electron chi connectivity index (χ0n) is 32.2. The highest BCUT2D eigenvalue weighted by Crippen LogP contribution is 2.50. The number of carbonyl (C=O) groups is 1. The molecule has 10 rings (SSSR count). The Hall–Kier alpha value is -5.22. The summed E-state index contributed by atoms with van der Waals surface area (Å²) < 4.78 is 31.0. The molecule has 7 heterocycles. The lowest BCUT2D eigenvalue weighted by Gasteiger charge is -2.30. The van der Waals surface area contributed by atoms with Gasteiger partial charge in [0.15, 0.2) is 0 Å². The van der Waals surface area contributed by atoms with Crippen molar-refractivity contribution >= 4 is 28.1 Å². The molecule has 4 aromatic heterocycles. The molecule has 0 spiro atoms. The molecule has 3 fully saturated rings. The second-order valence-electron chi connectivity index (χ2n) is 15.6. The molecule has 4 aliphatic rings. The summed E-state index contributed by atoms with van der Waals surface area (Å²) in [4.78, 5) is 34.2. The van der Waals surface area contributed by atoms with Crippen LogP contribution in [-0.2, 0) is 16.1 Å². The number of thiophene rings is 1. The SMILES string of the molecule is C#C.CCCNCc1ncc(-c2cc(F)c3c(c2)OC(c2ccc(C4CC4)s2)n2c-3cc3cc(-c4cnc(C5CCCN5C(=O)CC5CCOCC5)[nH]4)ccc32)[nH]1. The number of halogens is 1. The summed E-state index contributed by atoms with van der Waals surface area (Å²) in [5.74, 6) is 3.05. The summed E-state index contributed by atoms with van der Waals surface area (Å²) in [7, 11) is 0. The fourth-order valence-corrected chi connectivity index (χ4v) is 9.87. The van der Waals surface area contributed by atoms with Crippen molar-refractivity contribution in [2.45, 2.75) is 83.0 Å². The molecule has 3 aliphatic heterocycles. The van der Waals surface area contributed by atoms with Crippen LogP contribution in [0.4, 0.5) is 4.39 Å². The number of imidazole rings is 2. The van der Waals surface area contributed by atoms with Crippen LogP contribution in [0.3, 0.4) is 0 Å². The summed E-state index contributed by atoms with van der Waals surface area (Å²) in [5, 5.41) is 4.35. The summed E-state index contributed by atoms with van der Waals surface area (Å²) >= 11 is 1.79. The standard InChI is InChI=1S/C43H46FN7O3S.C2H2/c1-2-13-45-24-39-46-22-32(48-39)28-19-30(44)41-35-20-29-18-27(7-8-33(29)51(35)43(54-36(41)21-28)38-10-9-37(55-38)26-5-6-26)31-23-47-42(49-31)34-4-3-14-50(34)40(52)17-25-11-15-53-16-12-25;1-2/h7-10,18-23,25-26,34,43,45H,2-6,11-17,24H2,1H3,(H,46,48)(H,47,49);1-2H. The van der Waals surface area contributed by atoms with Gasteiger partial charge in [-0.3, -0.25) is 9.36 Å². The minimum atomic E-state index is -0.445. The van der Waals surface area contributed by atoms with Gasteiger partial charge in [0.2, 0.25) is 12.1 Å². The number of carbonyl (C=O) groups excluding carboxylic acids is 1. The van der Waals surface area contributed by atoms with Gasteiger partial charge in [0.05, 0.1) is 58.0 Å². The Morgan fingerprint density at radius 3 is 2.60 bits per heavy atom. The first-order chi connectivity index (χ1) is 28.0. The number of hydrogen-bond acceptors (Lipinski definition) is 7. The third-order valence-electron chi connectivity index (χ3n) is 11.8. The molecule has 0 bridgehead atoms. The van der Waals surface area contributed by atoms with Crippen molar-refractivity contribution in [2.75, 3.05) is 26.3 Å². The molecule has 2 unspecified atom stereocenters. The molecule has 294 valence electrons. The number of H-pyrrole nitrogens is 2. The number of nitrogens with zero attached hydrogens (tertiary/aromatic N) is 4. The molecule has 1 aliphatic carbocycles. The number of hydrogen-bond donors (Lipinski definition) is 3. The van der Waals surface area contributed by atoms with E-state index in [9.17, 15) is 4.79 Å². The van der Waals surface area contributed by atoms with E-state index in [2.05, 4.69) is 81.0 Å². The van der Waals surface area contributed by atoms with Crippen LogP contribution >= 0.6 is 11.3 Å². The van der Waals surface area contributed by atoms with Crippen molar-refractivity contribution in [1.82, 2.24) is 34.7 Å². The van der Waals surface area contributed by atoms with Gasteiger partial charge >= 0.3 is 0 Å². The summed E-state index contributed by atoms with van der Waals surface area (Å²) in [6.45, 7) is 5.91. The van der Waals surface area contributed by atoms with Crippen LogP contribution in [0.25, 0.3) is 44.7 Å². The van der Waals surface area contributed by atoms with Crippen LogP contribution in [0.2, 0.25) is 0 Å². The highest BCUT2D eigenvalue weighted by Gasteiger charge is 2.36. The topological polar surface area (TPSA) is 113 Å². The molecule has 12 heteroatoms. The van der Waals surface area contributed by atoms with E-state index in [0.717, 1.165) is 108 Å². The third kappa shape index (κ3) is 7.29. The Morgan fingerprint density at radius 1 is 0.965 bits per heavy atom. The van der Waals surface area contributed by atoms with Crippen LogP contribution in [0.5, 0.6) is 5.75 Å². The predicted molar refractivity (Wildman–Crippen MR) is 221 cm³/mol. The Labute approximate surface area is 336 Å². The molecule has 2 aromatic carbocycles. The van der Waals surface area contributed by atoms with Gasteiger partial charge < -0.3 is 29.7 Å². The van der Waals surface area contributed by atoms with Crippen LogP contribution in [0, 0.1) is 24.6 Å². The number of aromatic nitrogens is 5. The van der Waals surface area contributed by atoms with Crippen molar-refractivity contribution in [3.05, 3.63) is 88.1 Å². The van der Waals surface area contributed by atoms with Crippen LogP contribution in [0.1, 0.15) is 97.9 Å². The second-order valence-corrected chi connectivity index (χ2v) is 16.7. The quantitative estimate of drug-likeness (QED) is 0.0892. The third-order valence-corrected chi connectivity index (χ3v) is 13.0. The van der Waals surface area contributed by atoms with Gasteiger partial charge in [0.25, 0.3) is 0 Å². The maximum atomic E-state index is 16.5. The molecular weight excluding hydrogens is 738 g/mol. The number of benzene rings is 2. The first-order valence-corrected chi connectivity index (χ1v) is 21.1. The van der Waals surface area contributed by atoms with Gasteiger partial charge in [-0.05, 0) is 106 Å². The minimum absolute atomic E-state index is 0.0497. The van der Waals surface area contributed by atoms with E-state index in [1.165, 1.54) is 17.7 Å². The lowest BCUT2D eigenvalue weighted by atomic mass is 9.96. The van der Waals surface area contributed by atoms with Crippen molar-refractivity contribution in [3.8, 4) is 52.4 Å². The molecule has 10 nitrogen and oxygen atoms in total. The van der Waals surface area contributed by atoms with Gasteiger partial charge in [-0.25, -0.2) is 14.4 Å². The Bertz CT molecular complexity index is 2410. The Balaban J connectivity index is 0.00000208. The van der Waals surface area contributed by atoms with Crippen LogP contribution in [-0.4, -0.2) is 61.6 Å². The van der Waals surface area contributed by atoms with Crippen molar-refractivity contribution in [2.24, 2.45) is 5.92 Å². The molecule has 2 atom stereocenters. The van der Waals surface area contributed by atoms with E-state index in [4.69, 9.17) is 14.5 Å². The fraction of sp³-hybridized carbons (Fsp3) is 0.400. The first-order valence-electron chi connectivity index (χ1n) is 20.3. The average molecular weight is 786 g/mol. The number of aromatic amines is 2. The van der Waals surface area contributed by atoms with Crippen molar-refractivity contribution in [1.29, 1.82) is 0 Å². The number of ether oxygens (including phenoxy) is 2. The summed E-state index contributed by atoms with van der Waals surface area (Å²) in [6.07, 6.45) is 19.0. The van der Waals surface area contributed by atoms with Gasteiger partial charge in [-0.2, -0.15) is 0 Å². The number of amides is 1.